The third-order valence-corrected chi connectivity index (χ3v) is 10.6. The van der Waals surface area contributed by atoms with Crippen molar-refractivity contribution in [3.05, 3.63) is 99.6 Å². The third-order valence-electron chi connectivity index (χ3n) is 8.99. The number of hydrogen-bond acceptors (Lipinski definition) is 6. The maximum atomic E-state index is 14.0. The summed E-state index contributed by atoms with van der Waals surface area (Å²) in [4.78, 5) is 30.6. The van der Waals surface area contributed by atoms with Crippen LogP contribution in [0.15, 0.2) is 65.7 Å². The maximum absolute atomic E-state index is 14.0. The van der Waals surface area contributed by atoms with Crippen molar-refractivity contribution in [1.29, 1.82) is 0 Å². The van der Waals surface area contributed by atoms with Crippen molar-refractivity contribution in [3.63, 3.8) is 0 Å². The van der Waals surface area contributed by atoms with Gasteiger partial charge >= 0.3 is 6.03 Å². The van der Waals surface area contributed by atoms with Crippen molar-refractivity contribution in [2.24, 2.45) is 4.99 Å². The molecule has 7 nitrogen and oxygen atoms in total. The molecule has 262 valence electrons. The molecule has 0 aromatic heterocycles. The number of amides is 3. The Bertz CT molecular complexity index is 1650. The molecule has 1 unspecified atom stereocenters. The summed E-state index contributed by atoms with van der Waals surface area (Å²) in [5, 5.41) is 3.48. The number of rotatable bonds is 6. The Labute approximate surface area is 296 Å². The molecule has 3 amide bonds. The Morgan fingerprint density at radius 2 is 1.73 bits per heavy atom. The maximum Gasteiger partial charge on any atom is 0.325 e. The van der Waals surface area contributed by atoms with Crippen molar-refractivity contribution in [2.75, 3.05) is 13.2 Å². The Hall–Kier alpha value is -3.63. The van der Waals surface area contributed by atoms with Gasteiger partial charge in [0.25, 0.3) is 5.24 Å². The molecular formula is C38H44ClF2N3O4S. The van der Waals surface area contributed by atoms with Crippen molar-refractivity contribution in [2.45, 2.75) is 95.5 Å². The van der Waals surface area contributed by atoms with Gasteiger partial charge in [0.05, 0.1) is 17.9 Å². The van der Waals surface area contributed by atoms with E-state index in [2.05, 4.69) is 31.1 Å². The number of carbonyl (C=O) groups is 2. The second kappa shape index (κ2) is 15.9. The molecule has 0 bridgehead atoms. The van der Waals surface area contributed by atoms with E-state index >= 15 is 0 Å². The number of nitrogens with zero attached hydrogens (tertiary/aromatic N) is 2. The Morgan fingerprint density at radius 1 is 1.06 bits per heavy atom. The Balaban J connectivity index is 0.000000192. The van der Waals surface area contributed by atoms with E-state index in [0.29, 0.717) is 11.6 Å². The van der Waals surface area contributed by atoms with Crippen molar-refractivity contribution in [3.8, 4) is 5.75 Å². The molecular weight excluding hydrogens is 668 g/mol. The number of halogens is 3. The van der Waals surface area contributed by atoms with Crippen LogP contribution in [0.5, 0.6) is 5.75 Å². The Kier molecular flexibility index (Phi) is 11.9. The highest BCUT2D eigenvalue weighted by Gasteiger charge is 2.42. The van der Waals surface area contributed by atoms with Crippen LogP contribution in [-0.4, -0.2) is 47.4 Å². The van der Waals surface area contributed by atoms with Crippen LogP contribution in [0.3, 0.4) is 0 Å². The monoisotopic (exact) mass is 711 g/mol. The van der Waals surface area contributed by atoms with E-state index < -0.39 is 11.6 Å². The molecule has 1 aliphatic carbocycles. The fourth-order valence-electron chi connectivity index (χ4n) is 6.25. The minimum atomic E-state index is -0.683. The summed E-state index contributed by atoms with van der Waals surface area (Å²) in [5.74, 6) is -0.643. The number of ether oxygens (including phenoxy) is 2. The van der Waals surface area contributed by atoms with Gasteiger partial charge in [0.15, 0.2) is 0 Å². The number of nitrogens with one attached hydrogen (secondary N) is 1. The van der Waals surface area contributed by atoms with Gasteiger partial charge in [-0.15, -0.1) is 0 Å². The van der Waals surface area contributed by atoms with E-state index in [4.69, 9.17) is 21.1 Å². The van der Waals surface area contributed by atoms with Crippen LogP contribution in [0.4, 0.5) is 18.4 Å². The summed E-state index contributed by atoms with van der Waals surface area (Å²) in [6, 6.07) is 16.6. The van der Waals surface area contributed by atoms with E-state index in [1.54, 1.807) is 0 Å². The minimum absolute atomic E-state index is 0.00653. The van der Waals surface area contributed by atoms with Crippen LogP contribution in [0.1, 0.15) is 100 Å². The number of hydrogen-bond donors (Lipinski definition) is 1. The predicted molar refractivity (Wildman–Crippen MR) is 192 cm³/mol. The van der Waals surface area contributed by atoms with Gasteiger partial charge in [-0.1, -0.05) is 93.7 Å². The average Bonchev–Trinajstić information content (AvgIpc) is 3.66. The highest BCUT2D eigenvalue weighted by atomic mass is 35.5. The number of thioether (sulfide) groups is 1. The first-order chi connectivity index (χ1) is 23.4. The van der Waals surface area contributed by atoms with Gasteiger partial charge in [0.2, 0.25) is 5.90 Å². The topological polar surface area (TPSA) is 80.2 Å². The summed E-state index contributed by atoms with van der Waals surface area (Å²) in [5.41, 5.74) is 2.79. The third kappa shape index (κ3) is 8.76. The highest BCUT2D eigenvalue weighted by molar-refractivity contribution is 8.14. The molecule has 2 heterocycles. The molecule has 49 heavy (non-hydrogen) atoms. The lowest BCUT2D eigenvalue weighted by Crippen LogP contribution is -2.48. The zero-order chi connectivity index (χ0) is 35.3. The number of carbonyl (C=O) groups excluding carboxylic acids is 2. The lowest BCUT2D eigenvalue weighted by Gasteiger charge is -2.27. The molecule has 2 fully saturated rings. The first-order valence-electron chi connectivity index (χ1n) is 16.8. The second-order valence-corrected chi connectivity index (χ2v) is 15.1. The fraction of sp³-hybridized carbons (Fsp3) is 0.447. The molecule has 3 aromatic rings. The Morgan fingerprint density at radius 3 is 2.37 bits per heavy atom. The normalized spacial score (nSPS) is 21.1. The zero-order valence-electron chi connectivity index (χ0n) is 28.6. The summed E-state index contributed by atoms with van der Waals surface area (Å²) in [6.45, 7) is 11.0. The first-order valence-corrected chi connectivity index (χ1v) is 18.1. The standard InChI is InChI=1S/C21H23F2NO2.C17H21ClN2O2S/c1-5-25-18-11-13(21(2,3)4)9-10-14(18)17-12-26-20(24-17)19-15(22)7-6-8-16(19)23;1-11-15(12-7-9-13(18)10-8-12)23-17(22)20(11)16(21)19-14-5-3-2-4-6-14/h6-11,17H,5,12H2,1-4H3;7-11,14-15H,2-6H2,1H3,(H,19,21)/t;11-,15+/m.0/s1. The van der Waals surface area contributed by atoms with Crippen LogP contribution in [0.2, 0.25) is 5.02 Å². The molecule has 3 atom stereocenters. The molecule has 11 heteroatoms. The SMILES string of the molecule is CCOc1cc(C(C)(C)C)ccc1C1COC(c2c(F)cccc2F)=N1.C[C@H]1[C@H](c2ccc(Cl)cc2)SC(=O)N1C(=O)NC1CCCCC1. The van der Waals surface area contributed by atoms with Crippen molar-refractivity contribution >= 4 is 40.5 Å². The average molecular weight is 712 g/mol. The van der Waals surface area contributed by atoms with E-state index in [0.717, 1.165) is 48.1 Å². The summed E-state index contributed by atoms with van der Waals surface area (Å²) in [7, 11) is 0. The van der Waals surface area contributed by atoms with Gasteiger partial charge < -0.3 is 14.8 Å². The molecule has 3 aromatic carbocycles. The second-order valence-electron chi connectivity index (χ2n) is 13.5. The molecule has 2 aliphatic heterocycles. The predicted octanol–water partition coefficient (Wildman–Crippen LogP) is 10.2. The summed E-state index contributed by atoms with van der Waals surface area (Å²) < 4.78 is 39.3. The van der Waals surface area contributed by atoms with Gasteiger partial charge in [0.1, 0.15) is 35.6 Å². The summed E-state index contributed by atoms with van der Waals surface area (Å²) in [6.07, 6.45) is 5.55. The summed E-state index contributed by atoms with van der Waals surface area (Å²) >= 11 is 7.14. The lowest BCUT2D eigenvalue weighted by atomic mass is 9.86. The quantitative estimate of drug-likeness (QED) is 0.275. The van der Waals surface area contributed by atoms with E-state index in [1.807, 2.05) is 56.3 Å². The largest absolute Gasteiger partial charge is 0.494 e. The van der Waals surface area contributed by atoms with Crippen LogP contribution < -0.4 is 10.1 Å². The van der Waals surface area contributed by atoms with Crippen LogP contribution in [-0.2, 0) is 10.2 Å². The van der Waals surface area contributed by atoms with Gasteiger partial charge in [0, 0.05) is 16.6 Å². The first kappa shape index (κ1) is 36.6. The molecule has 0 spiro atoms. The smallest absolute Gasteiger partial charge is 0.325 e. The van der Waals surface area contributed by atoms with Crippen molar-refractivity contribution < 1.29 is 27.8 Å². The minimum Gasteiger partial charge on any atom is -0.494 e. The van der Waals surface area contributed by atoms with E-state index in [9.17, 15) is 18.4 Å². The zero-order valence-corrected chi connectivity index (χ0v) is 30.2. The fourth-order valence-corrected chi connectivity index (χ4v) is 7.57. The molecule has 3 aliphatic rings. The van der Waals surface area contributed by atoms with E-state index in [1.165, 1.54) is 41.3 Å². The van der Waals surface area contributed by atoms with Crippen LogP contribution in [0.25, 0.3) is 0 Å². The molecule has 1 N–H and O–H groups in total. The van der Waals surface area contributed by atoms with E-state index in [-0.39, 0.29) is 58.1 Å². The number of aliphatic imine (C=N–C) groups is 1. The van der Waals surface area contributed by atoms with Crippen LogP contribution in [0, 0.1) is 11.6 Å². The van der Waals surface area contributed by atoms with Gasteiger partial charge in [-0.25, -0.2) is 18.6 Å². The van der Waals surface area contributed by atoms with Gasteiger partial charge in [-0.2, -0.15) is 0 Å². The number of imide groups is 1. The van der Waals surface area contributed by atoms with Gasteiger partial charge in [-0.3, -0.25) is 9.69 Å². The van der Waals surface area contributed by atoms with Crippen molar-refractivity contribution in [1.82, 2.24) is 10.2 Å². The number of urea groups is 1. The molecule has 6 rings (SSSR count). The lowest BCUT2D eigenvalue weighted by molar-refractivity contribution is 0.184. The number of benzene rings is 3. The highest BCUT2D eigenvalue weighted by Crippen LogP contribution is 2.43. The molecule has 1 saturated heterocycles. The molecule has 0 radical (unpaired) electrons. The van der Waals surface area contributed by atoms with Crippen LogP contribution >= 0.6 is 23.4 Å². The van der Waals surface area contributed by atoms with Gasteiger partial charge in [-0.05, 0) is 73.6 Å². The molecule has 1 saturated carbocycles.